The van der Waals surface area contributed by atoms with Gasteiger partial charge in [-0.2, -0.15) is 0 Å². The van der Waals surface area contributed by atoms with E-state index in [1.807, 2.05) is 6.92 Å². The first kappa shape index (κ1) is 20.2. The van der Waals surface area contributed by atoms with Crippen molar-refractivity contribution in [2.45, 2.75) is 30.2 Å². The molecule has 9 heteroatoms. The van der Waals surface area contributed by atoms with Gasteiger partial charge >= 0.3 is 12.1 Å². The van der Waals surface area contributed by atoms with Crippen LogP contribution in [0.1, 0.15) is 18.9 Å². The minimum absolute atomic E-state index is 0.0286. The highest BCUT2D eigenvalue weighted by Crippen LogP contribution is 2.23. The predicted molar refractivity (Wildman–Crippen MR) is 88.6 cm³/mol. The molecule has 0 aliphatic rings. The van der Waals surface area contributed by atoms with Crippen molar-refractivity contribution in [3.8, 4) is 0 Å². The van der Waals surface area contributed by atoms with Crippen LogP contribution in [0.3, 0.4) is 0 Å². The number of alkyl carbamates (subject to hydrolysis) is 1. The number of esters is 1. The molecule has 1 atom stereocenters. The number of rotatable bonds is 7. The lowest BCUT2D eigenvalue weighted by Crippen LogP contribution is -2.52. The smallest absolute Gasteiger partial charge is 0.408 e. The van der Waals surface area contributed by atoms with Gasteiger partial charge in [0.25, 0.3) is 0 Å². The molecule has 1 N–H and O–H groups in total. The van der Waals surface area contributed by atoms with Gasteiger partial charge in [-0.15, -0.1) is 0 Å². The topological polar surface area (TPSA) is 98.8 Å². The highest BCUT2D eigenvalue weighted by molar-refractivity contribution is 7.91. The minimum atomic E-state index is -3.69. The van der Waals surface area contributed by atoms with Crippen molar-refractivity contribution < 1.29 is 27.5 Å². The first-order valence-corrected chi connectivity index (χ1v) is 9.19. The second kappa shape index (κ2) is 8.34. The summed E-state index contributed by atoms with van der Waals surface area (Å²) in [5.74, 6) is -1.40. The Hall–Kier alpha value is -1.80. The largest absolute Gasteiger partial charge is 0.463 e. The van der Waals surface area contributed by atoms with Crippen LogP contribution in [0, 0.1) is 6.92 Å². The maximum absolute atomic E-state index is 12.4. The van der Waals surface area contributed by atoms with Gasteiger partial charge in [0.15, 0.2) is 9.84 Å². The van der Waals surface area contributed by atoms with Gasteiger partial charge < -0.3 is 9.47 Å². The van der Waals surface area contributed by atoms with E-state index >= 15 is 0 Å². The molecule has 0 spiro atoms. The SMILES string of the molecule is CCOC(=O)C(Cl)(CCS(=O)(=O)c1ccc(C)cc1)NC(=O)OC. The maximum Gasteiger partial charge on any atom is 0.408 e. The van der Waals surface area contributed by atoms with Crippen LogP contribution < -0.4 is 5.32 Å². The molecule has 134 valence electrons. The average molecular weight is 378 g/mol. The van der Waals surface area contributed by atoms with E-state index in [9.17, 15) is 18.0 Å². The first-order valence-electron chi connectivity index (χ1n) is 7.16. The Kier molecular flexibility index (Phi) is 7.04. The molecule has 0 saturated carbocycles. The summed E-state index contributed by atoms with van der Waals surface area (Å²) in [7, 11) is -2.59. The number of carbonyl (C=O) groups is 2. The van der Waals surface area contributed by atoms with Crippen molar-refractivity contribution in [1.82, 2.24) is 5.32 Å². The molecule has 0 aliphatic carbocycles. The molecule has 1 unspecified atom stereocenters. The fourth-order valence-electron chi connectivity index (χ4n) is 1.81. The normalized spacial score (nSPS) is 13.7. The zero-order valence-electron chi connectivity index (χ0n) is 13.7. The van der Waals surface area contributed by atoms with E-state index in [-0.39, 0.29) is 17.9 Å². The van der Waals surface area contributed by atoms with E-state index < -0.39 is 32.7 Å². The van der Waals surface area contributed by atoms with E-state index in [1.54, 1.807) is 19.1 Å². The molecule has 1 rings (SSSR count). The van der Waals surface area contributed by atoms with E-state index in [2.05, 4.69) is 10.1 Å². The van der Waals surface area contributed by atoms with Crippen molar-refractivity contribution >= 4 is 33.5 Å². The van der Waals surface area contributed by atoms with E-state index in [4.69, 9.17) is 16.3 Å². The van der Waals surface area contributed by atoms with Gasteiger partial charge in [0.05, 0.1) is 24.4 Å². The van der Waals surface area contributed by atoms with Gasteiger partial charge in [-0.05, 0) is 26.0 Å². The van der Waals surface area contributed by atoms with Gasteiger partial charge in [0.2, 0.25) is 5.00 Å². The molecule has 7 nitrogen and oxygen atoms in total. The molecule has 0 bridgehead atoms. The summed E-state index contributed by atoms with van der Waals surface area (Å²) < 4.78 is 34.0. The van der Waals surface area contributed by atoms with Gasteiger partial charge in [0, 0.05) is 6.42 Å². The third kappa shape index (κ3) is 5.38. The van der Waals surface area contributed by atoms with Crippen molar-refractivity contribution in [3.63, 3.8) is 0 Å². The third-order valence-electron chi connectivity index (χ3n) is 3.18. The minimum Gasteiger partial charge on any atom is -0.463 e. The molecule has 0 fully saturated rings. The van der Waals surface area contributed by atoms with Crippen molar-refractivity contribution in [1.29, 1.82) is 0 Å². The lowest BCUT2D eigenvalue weighted by Gasteiger charge is -2.25. The number of ether oxygens (including phenoxy) is 2. The van der Waals surface area contributed by atoms with Gasteiger partial charge in [-0.1, -0.05) is 29.3 Å². The quantitative estimate of drug-likeness (QED) is 0.443. The Morgan fingerprint density at radius 1 is 1.25 bits per heavy atom. The number of sulfone groups is 1. The molecule has 0 radical (unpaired) electrons. The number of alkyl halides is 1. The Morgan fingerprint density at radius 2 is 1.83 bits per heavy atom. The predicted octanol–water partition coefficient (Wildman–Crippen LogP) is 2.01. The van der Waals surface area contributed by atoms with E-state index in [1.165, 1.54) is 12.1 Å². The molecule has 24 heavy (non-hydrogen) atoms. The van der Waals surface area contributed by atoms with Crippen LogP contribution in [0.2, 0.25) is 0 Å². The number of halogens is 1. The molecule has 1 aromatic carbocycles. The number of methoxy groups -OCH3 is 1. The summed E-state index contributed by atoms with van der Waals surface area (Å²) in [4.78, 5) is 21.5. The summed E-state index contributed by atoms with van der Waals surface area (Å²) in [6.07, 6.45) is -1.34. The molecule has 0 saturated heterocycles. The Labute approximate surface area is 146 Å². The molecular weight excluding hydrogens is 358 g/mol. The zero-order valence-corrected chi connectivity index (χ0v) is 15.2. The molecule has 1 amide bonds. The highest BCUT2D eigenvalue weighted by atomic mass is 35.5. The second-order valence-electron chi connectivity index (χ2n) is 5.02. The van der Waals surface area contributed by atoms with Gasteiger partial charge in [0.1, 0.15) is 0 Å². The maximum atomic E-state index is 12.4. The van der Waals surface area contributed by atoms with Crippen LogP contribution in [0.4, 0.5) is 4.79 Å². The average Bonchev–Trinajstić information content (AvgIpc) is 2.53. The first-order chi connectivity index (χ1) is 11.1. The fraction of sp³-hybridized carbons (Fsp3) is 0.467. The molecular formula is C15H20ClNO6S. The molecule has 0 aliphatic heterocycles. The number of carbonyl (C=O) groups excluding carboxylic acids is 2. The lowest BCUT2D eigenvalue weighted by molar-refractivity contribution is -0.147. The van der Waals surface area contributed by atoms with E-state index in [0.29, 0.717) is 0 Å². The number of aryl methyl sites for hydroxylation is 1. The zero-order chi connectivity index (χ0) is 18.4. The summed E-state index contributed by atoms with van der Waals surface area (Å²) >= 11 is 6.11. The standard InChI is InChI=1S/C15H20ClNO6S/c1-4-23-13(18)15(16,17-14(19)22-3)9-10-24(20,21)12-7-5-11(2)6-8-12/h5-8H,4,9-10H2,1-3H3,(H,17,19). The van der Waals surface area contributed by atoms with Crippen LogP contribution in [0.25, 0.3) is 0 Å². The number of hydrogen-bond acceptors (Lipinski definition) is 6. The summed E-state index contributed by atoms with van der Waals surface area (Å²) in [6, 6.07) is 6.27. The number of amides is 1. The number of hydrogen-bond donors (Lipinski definition) is 1. The monoisotopic (exact) mass is 377 g/mol. The van der Waals surface area contributed by atoms with Crippen LogP contribution >= 0.6 is 11.6 Å². The molecule has 1 aromatic rings. The Balaban J connectivity index is 2.96. The van der Waals surface area contributed by atoms with Crippen LogP contribution in [0.5, 0.6) is 0 Å². The number of benzene rings is 1. The molecule has 0 aromatic heterocycles. The number of nitrogens with one attached hydrogen (secondary N) is 1. The second-order valence-corrected chi connectivity index (χ2v) is 7.77. The van der Waals surface area contributed by atoms with Gasteiger partial charge in [-0.3, -0.25) is 5.32 Å². The molecule has 0 heterocycles. The van der Waals surface area contributed by atoms with Crippen molar-refractivity contribution in [2.75, 3.05) is 19.5 Å². The van der Waals surface area contributed by atoms with Gasteiger partial charge in [-0.25, -0.2) is 18.0 Å². The van der Waals surface area contributed by atoms with E-state index in [0.717, 1.165) is 12.7 Å². The highest BCUT2D eigenvalue weighted by Gasteiger charge is 2.41. The third-order valence-corrected chi connectivity index (χ3v) is 5.35. The fourth-order valence-corrected chi connectivity index (χ4v) is 3.51. The summed E-state index contributed by atoms with van der Waals surface area (Å²) in [6.45, 7) is 3.43. The summed E-state index contributed by atoms with van der Waals surface area (Å²) in [5, 5.41) is 2.13. The van der Waals surface area contributed by atoms with Crippen molar-refractivity contribution in [2.24, 2.45) is 0 Å². The Morgan fingerprint density at radius 3 is 2.33 bits per heavy atom. The van der Waals surface area contributed by atoms with Crippen LogP contribution in [0.15, 0.2) is 29.2 Å². The van der Waals surface area contributed by atoms with Crippen LogP contribution in [-0.2, 0) is 24.1 Å². The lowest BCUT2D eigenvalue weighted by atomic mass is 10.2. The van der Waals surface area contributed by atoms with Crippen LogP contribution in [-0.4, -0.2) is 44.9 Å². The Bertz CT molecular complexity index is 688. The summed E-state index contributed by atoms with van der Waals surface area (Å²) in [5.41, 5.74) is 0.916. The van der Waals surface area contributed by atoms with Crippen molar-refractivity contribution in [3.05, 3.63) is 29.8 Å².